The van der Waals surface area contributed by atoms with Crippen LogP contribution in [0, 0.1) is 5.41 Å². The highest BCUT2D eigenvalue weighted by Gasteiger charge is 2.39. The zero-order chi connectivity index (χ0) is 12.5. The molecule has 0 radical (unpaired) electrons. The number of amides is 1. The second-order valence-corrected chi connectivity index (χ2v) is 6.16. The first-order valence-electron chi connectivity index (χ1n) is 6.30. The summed E-state index contributed by atoms with van der Waals surface area (Å²) in [6, 6.07) is 10.8. The number of hydrogen-bond donors (Lipinski definition) is 1. The van der Waals surface area contributed by atoms with Crippen LogP contribution >= 0.6 is 0 Å². The van der Waals surface area contributed by atoms with Gasteiger partial charge in [0.1, 0.15) is 0 Å². The van der Waals surface area contributed by atoms with Crippen molar-refractivity contribution in [3.63, 3.8) is 0 Å². The second kappa shape index (κ2) is 4.52. The van der Waals surface area contributed by atoms with Crippen molar-refractivity contribution in [3.8, 4) is 0 Å². The summed E-state index contributed by atoms with van der Waals surface area (Å²) in [7, 11) is 0. The molecule has 2 atom stereocenters. The van der Waals surface area contributed by atoms with Crippen molar-refractivity contribution in [3.05, 3.63) is 35.9 Å². The second-order valence-electron chi connectivity index (χ2n) is 6.16. The Bertz CT molecular complexity index is 391. The van der Waals surface area contributed by atoms with Gasteiger partial charge in [0.2, 0.25) is 5.91 Å². The SMILES string of the molecule is CC(C)(C)CC(=O)N[C@H]1C[C@H]1c1ccccc1. The molecule has 92 valence electrons. The van der Waals surface area contributed by atoms with E-state index in [1.165, 1.54) is 5.56 Å². The third-order valence-electron chi connectivity index (χ3n) is 3.06. The Labute approximate surface area is 103 Å². The Hall–Kier alpha value is -1.31. The molecule has 0 heterocycles. The summed E-state index contributed by atoms with van der Waals surface area (Å²) < 4.78 is 0. The lowest BCUT2D eigenvalue weighted by Gasteiger charge is -2.17. The van der Waals surface area contributed by atoms with E-state index in [4.69, 9.17) is 0 Å². The summed E-state index contributed by atoms with van der Waals surface area (Å²) in [5.74, 6) is 0.709. The van der Waals surface area contributed by atoms with E-state index >= 15 is 0 Å². The van der Waals surface area contributed by atoms with E-state index in [2.05, 4.69) is 50.4 Å². The molecule has 0 saturated heterocycles. The predicted octanol–water partition coefficient (Wildman–Crippen LogP) is 3.09. The van der Waals surface area contributed by atoms with Gasteiger partial charge in [-0.2, -0.15) is 0 Å². The summed E-state index contributed by atoms with van der Waals surface area (Å²) >= 11 is 0. The zero-order valence-electron chi connectivity index (χ0n) is 10.9. The molecule has 0 unspecified atom stereocenters. The van der Waals surface area contributed by atoms with Crippen molar-refractivity contribution in [1.82, 2.24) is 5.32 Å². The number of nitrogens with one attached hydrogen (secondary N) is 1. The molecule has 1 aromatic carbocycles. The van der Waals surface area contributed by atoms with E-state index in [-0.39, 0.29) is 11.3 Å². The summed E-state index contributed by atoms with van der Waals surface area (Å²) in [6.07, 6.45) is 1.69. The zero-order valence-corrected chi connectivity index (χ0v) is 10.9. The summed E-state index contributed by atoms with van der Waals surface area (Å²) in [5, 5.41) is 3.12. The van der Waals surface area contributed by atoms with E-state index in [1.54, 1.807) is 0 Å². The highest BCUT2D eigenvalue weighted by Crippen LogP contribution is 2.40. The van der Waals surface area contributed by atoms with E-state index in [0.717, 1.165) is 6.42 Å². The van der Waals surface area contributed by atoms with E-state index in [9.17, 15) is 4.79 Å². The maximum Gasteiger partial charge on any atom is 0.220 e. The van der Waals surface area contributed by atoms with Gasteiger partial charge in [-0.15, -0.1) is 0 Å². The maximum absolute atomic E-state index is 11.8. The van der Waals surface area contributed by atoms with E-state index in [0.29, 0.717) is 18.4 Å². The number of carbonyl (C=O) groups excluding carboxylic acids is 1. The molecule has 1 N–H and O–H groups in total. The molecule has 0 bridgehead atoms. The lowest BCUT2D eigenvalue weighted by atomic mass is 9.92. The molecule has 0 aliphatic heterocycles. The first-order chi connectivity index (χ1) is 7.96. The van der Waals surface area contributed by atoms with Crippen LogP contribution in [0.2, 0.25) is 0 Å². The monoisotopic (exact) mass is 231 g/mol. The Morgan fingerprint density at radius 3 is 2.53 bits per heavy atom. The van der Waals surface area contributed by atoms with Crippen molar-refractivity contribution in [1.29, 1.82) is 0 Å². The van der Waals surface area contributed by atoms with Crippen LogP contribution in [0.4, 0.5) is 0 Å². The molecule has 2 heteroatoms. The van der Waals surface area contributed by atoms with Gasteiger partial charge in [-0.05, 0) is 17.4 Å². The Morgan fingerprint density at radius 2 is 1.94 bits per heavy atom. The smallest absolute Gasteiger partial charge is 0.220 e. The molecule has 1 aliphatic carbocycles. The molecule has 2 nitrogen and oxygen atoms in total. The molecule has 17 heavy (non-hydrogen) atoms. The lowest BCUT2D eigenvalue weighted by molar-refractivity contribution is -0.122. The molecule has 1 fully saturated rings. The minimum Gasteiger partial charge on any atom is -0.353 e. The van der Waals surface area contributed by atoms with Crippen LogP contribution in [-0.4, -0.2) is 11.9 Å². The largest absolute Gasteiger partial charge is 0.353 e. The predicted molar refractivity (Wildman–Crippen MR) is 69.8 cm³/mol. The van der Waals surface area contributed by atoms with Gasteiger partial charge >= 0.3 is 0 Å². The molecule has 1 aliphatic rings. The maximum atomic E-state index is 11.8. The van der Waals surface area contributed by atoms with E-state index in [1.807, 2.05) is 6.07 Å². The number of hydrogen-bond acceptors (Lipinski definition) is 1. The van der Waals surface area contributed by atoms with Gasteiger partial charge in [0.25, 0.3) is 0 Å². The van der Waals surface area contributed by atoms with Crippen LogP contribution in [0.25, 0.3) is 0 Å². The van der Waals surface area contributed by atoms with Gasteiger partial charge < -0.3 is 5.32 Å². The molecule has 0 spiro atoms. The standard InChI is InChI=1S/C15H21NO/c1-15(2,3)10-14(17)16-13-9-12(13)11-7-5-4-6-8-11/h4-8,12-13H,9-10H2,1-3H3,(H,16,17)/t12-,13-/m0/s1. The van der Waals surface area contributed by atoms with Gasteiger partial charge in [-0.25, -0.2) is 0 Å². The van der Waals surface area contributed by atoms with Gasteiger partial charge in [0.05, 0.1) is 0 Å². The Kier molecular flexibility index (Phi) is 3.23. The highest BCUT2D eigenvalue weighted by atomic mass is 16.1. The fourth-order valence-corrected chi connectivity index (χ4v) is 2.16. The summed E-state index contributed by atoms with van der Waals surface area (Å²) in [4.78, 5) is 11.8. The molecule has 1 amide bonds. The van der Waals surface area contributed by atoms with Crippen molar-refractivity contribution in [2.45, 2.75) is 45.6 Å². The molecule has 2 rings (SSSR count). The minimum absolute atomic E-state index is 0.0707. The van der Waals surface area contributed by atoms with Gasteiger partial charge in [0.15, 0.2) is 0 Å². The van der Waals surface area contributed by atoms with Gasteiger partial charge in [-0.1, -0.05) is 51.1 Å². The minimum atomic E-state index is 0.0707. The topological polar surface area (TPSA) is 29.1 Å². The molecule has 0 aromatic heterocycles. The van der Waals surface area contributed by atoms with Crippen LogP contribution in [0.1, 0.15) is 45.1 Å². The fraction of sp³-hybridized carbons (Fsp3) is 0.533. The van der Waals surface area contributed by atoms with Gasteiger partial charge in [-0.3, -0.25) is 4.79 Å². The Balaban J connectivity index is 1.83. The summed E-state index contributed by atoms with van der Waals surface area (Å²) in [5.41, 5.74) is 1.41. The van der Waals surface area contributed by atoms with Crippen molar-refractivity contribution in [2.24, 2.45) is 5.41 Å². The number of carbonyl (C=O) groups is 1. The third-order valence-corrected chi connectivity index (χ3v) is 3.06. The average molecular weight is 231 g/mol. The van der Waals surface area contributed by atoms with Crippen molar-refractivity contribution >= 4 is 5.91 Å². The molecule has 1 saturated carbocycles. The average Bonchev–Trinajstić information content (AvgIpc) is 2.95. The van der Waals surface area contributed by atoms with Crippen LogP contribution in [-0.2, 0) is 4.79 Å². The Morgan fingerprint density at radius 1 is 1.29 bits per heavy atom. The van der Waals surface area contributed by atoms with Crippen molar-refractivity contribution in [2.75, 3.05) is 0 Å². The fourth-order valence-electron chi connectivity index (χ4n) is 2.16. The third kappa shape index (κ3) is 3.58. The molecular formula is C15H21NO. The van der Waals surface area contributed by atoms with Crippen LogP contribution in [0.15, 0.2) is 30.3 Å². The number of benzene rings is 1. The van der Waals surface area contributed by atoms with Crippen LogP contribution in [0.5, 0.6) is 0 Å². The lowest BCUT2D eigenvalue weighted by Crippen LogP contribution is -2.30. The molecular weight excluding hydrogens is 210 g/mol. The van der Waals surface area contributed by atoms with Crippen LogP contribution < -0.4 is 5.32 Å². The van der Waals surface area contributed by atoms with Crippen molar-refractivity contribution < 1.29 is 4.79 Å². The quantitative estimate of drug-likeness (QED) is 0.851. The summed E-state index contributed by atoms with van der Waals surface area (Å²) in [6.45, 7) is 6.27. The normalized spacial score (nSPS) is 23.2. The first kappa shape index (κ1) is 12.2. The van der Waals surface area contributed by atoms with E-state index < -0.39 is 0 Å². The first-order valence-corrected chi connectivity index (χ1v) is 6.30. The highest BCUT2D eigenvalue weighted by molar-refractivity contribution is 5.77. The van der Waals surface area contributed by atoms with Gasteiger partial charge in [0, 0.05) is 18.4 Å². The molecule has 1 aromatic rings. The van der Waals surface area contributed by atoms with Crippen LogP contribution in [0.3, 0.4) is 0 Å². The number of rotatable bonds is 3.